The number of aryl methyl sites for hydroxylation is 1. The van der Waals surface area contributed by atoms with Gasteiger partial charge in [0, 0.05) is 11.4 Å². The van der Waals surface area contributed by atoms with E-state index in [0.717, 1.165) is 5.56 Å². The van der Waals surface area contributed by atoms with E-state index >= 15 is 0 Å². The normalized spacial score (nSPS) is 11.5. The van der Waals surface area contributed by atoms with Crippen LogP contribution in [0.3, 0.4) is 0 Å². The quantitative estimate of drug-likeness (QED) is 0.402. The number of para-hydroxylation sites is 1. The minimum Gasteiger partial charge on any atom is -0.332 e. The fraction of sp³-hybridized carbons (Fsp3) is 0.0500. The molecule has 0 spiro atoms. The molecular weight excluding hydrogens is 456 g/mol. The molecule has 162 valence electrons. The van der Waals surface area contributed by atoms with Crippen LogP contribution in [0.4, 0.5) is 17.1 Å². The van der Waals surface area contributed by atoms with Gasteiger partial charge in [0.1, 0.15) is 0 Å². The minimum atomic E-state index is -3.77. The van der Waals surface area contributed by atoms with Crippen molar-refractivity contribution in [2.75, 3.05) is 15.4 Å². The summed E-state index contributed by atoms with van der Waals surface area (Å²) in [6.07, 6.45) is 0. The second-order valence-corrected chi connectivity index (χ2v) is 10.2. The number of hydrogen-bond acceptors (Lipinski definition) is 5. The molecule has 11 heteroatoms. The van der Waals surface area contributed by atoms with E-state index in [-0.39, 0.29) is 14.9 Å². The standard InChI is InChI=1S/C20H20N4O4S3/c1-14-4-2-3-5-19(14)24-31(27,28)18-12-8-16(9-13-18)23-20(29)22-15-6-10-17(11-7-15)30(21,25)26/h2-13,24H,1H3,(H2,21,25,26)(H2,22,23,29). The summed E-state index contributed by atoms with van der Waals surface area (Å²) in [5.41, 5.74) is 2.47. The van der Waals surface area contributed by atoms with Crippen molar-refractivity contribution in [3.05, 3.63) is 78.4 Å². The average Bonchev–Trinajstić information content (AvgIpc) is 2.70. The summed E-state index contributed by atoms with van der Waals surface area (Å²) >= 11 is 5.24. The van der Waals surface area contributed by atoms with E-state index in [1.807, 2.05) is 19.1 Å². The Morgan fingerprint density at radius 2 is 1.26 bits per heavy atom. The van der Waals surface area contributed by atoms with Gasteiger partial charge in [-0.05, 0) is 79.3 Å². The molecule has 0 aliphatic carbocycles. The lowest BCUT2D eigenvalue weighted by atomic mass is 10.2. The highest BCUT2D eigenvalue weighted by atomic mass is 32.2. The molecular formula is C20H20N4O4S3. The molecule has 31 heavy (non-hydrogen) atoms. The van der Waals surface area contributed by atoms with E-state index < -0.39 is 20.0 Å². The average molecular weight is 477 g/mol. The first-order chi connectivity index (χ1) is 14.5. The second-order valence-electron chi connectivity index (χ2n) is 6.59. The lowest BCUT2D eigenvalue weighted by molar-refractivity contribution is 0.597. The van der Waals surface area contributed by atoms with Crippen LogP contribution in [-0.4, -0.2) is 21.9 Å². The van der Waals surface area contributed by atoms with Crippen molar-refractivity contribution in [3.8, 4) is 0 Å². The second kappa shape index (κ2) is 9.02. The zero-order valence-corrected chi connectivity index (χ0v) is 18.8. The maximum Gasteiger partial charge on any atom is 0.261 e. The highest BCUT2D eigenvalue weighted by Gasteiger charge is 2.15. The van der Waals surface area contributed by atoms with E-state index in [4.69, 9.17) is 17.4 Å². The van der Waals surface area contributed by atoms with Gasteiger partial charge in [-0.1, -0.05) is 18.2 Å². The van der Waals surface area contributed by atoms with Gasteiger partial charge < -0.3 is 10.6 Å². The Bertz CT molecular complexity index is 1310. The largest absolute Gasteiger partial charge is 0.332 e. The molecule has 5 N–H and O–H groups in total. The summed E-state index contributed by atoms with van der Waals surface area (Å²) in [5, 5.41) is 11.2. The fourth-order valence-corrected chi connectivity index (χ4v) is 4.51. The Morgan fingerprint density at radius 1 is 0.774 bits per heavy atom. The number of nitrogens with two attached hydrogens (primary N) is 1. The monoisotopic (exact) mass is 476 g/mol. The summed E-state index contributed by atoms with van der Waals surface area (Å²) in [4.78, 5) is 0.104. The Hall–Kier alpha value is -2.99. The van der Waals surface area contributed by atoms with Crippen LogP contribution >= 0.6 is 12.2 Å². The topological polar surface area (TPSA) is 130 Å². The molecule has 8 nitrogen and oxygen atoms in total. The first-order valence-corrected chi connectivity index (χ1v) is 12.4. The van der Waals surface area contributed by atoms with Gasteiger partial charge >= 0.3 is 0 Å². The van der Waals surface area contributed by atoms with Crippen LogP contribution in [0.25, 0.3) is 0 Å². The third-order valence-electron chi connectivity index (χ3n) is 4.25. The number of primary sulfonamides is 1. The minimum absolute atomic E-state index is 0.00645. The van der Waals surface area contributed by atoms with Gasteiger partial charge in [-0.2, -0.15) is 0 Å². The molecule has 0 saturated carbocycles. The van der Waals surface area contributed by atoms with Gasteiger partial charge in [0.05, 0.1) is 15.5 Å². The lowest BCUT2D eigenvalue weighted by Gasteiger charge is -2.13. The van der Waals surface area contributed by atoms with Gasteiger partial charge in [0.2, 0.25) is 10.0 Å². The number of hydrogen-bond donors (Lipinski definition) is 4. The summed E-state index contributed by atoms with van der Waals surface area (Å²) < 4.78 is 50.4. The van der Waals surface area contributed by atoms with E-state index in [9.17, 15) is 16.8 Å². The molecule has 3 aromatic carbocycles. The molecule has 0 aliphatic rings. The molecule has 0 heterocycles. The summed E-state index contributed by atoms with van der Waals surface area (Å²) in [6.45, 7) is 1.82. The molecule has 0 aliphatic heterocycles. The number of benzene rings is 3. The summed E-state index contributed by atoms with van der Waals surface area (Å²) in [5.74, 6) is 0. The highest BCUT2D eigenvalue weighted by molar-refractivity contribution is 7.92. The predicted octanol–water partition coefficient (Wildman–Crippen LogP) is 3.25. The number of anilines is 3. The number of rotatable bonds is 6. The number of sulfonamides is 2. The number of thiocarbonyl (C=S) groups is 1. The van der Waals surface area contributed by atoms with Crippen molar-refractivity contribution >= 4 is 54.4 Å². The van der Waals surface area contributed by atoms with Crippen molar-refractivity contribution in [3.63, 3.8) is 0 Å². The van der Waals surface area contributed by atoms with Gasteiger partial charge in [-0.3, -0.25) is 4.72 Å². The molecule has 0 radical (unpaired) electrons. The van der Waals surface area contributed by atoms with Gasteiger partial charge in [-0.25, -0.2) is 22.0 Å². The molecule has 3 rings (SSSR count). The van der Waals surface area contributed by atoms with Crippen molar-refractivity contribution < 1.29 is 16.8 Å². The zero-order valence-electron chi connectivity index (χ0n) is 16.4. The predicted molar refractivity (Wildman–Crippen MR) is 126 cm³/mol. The van der Waals surface area contributed by atoms with Crippen LogP contribution in [0.15, 0.2) is 82.6 Å². The third kappa shape index (κ3) is 6.01. The van der Waals surface area contributed by atoms with Gasteiger partial charge in [0.15, 0.2) is 5.11 Å². The first kappa shape index (κ1) is 22.7. The van der Waals surface area contributed by atoms with Crippen LogP contribution in [0.5, 0.6) is 0 Å². The molecule has 0 amide bonds. The summed E-state index contributed by atoms with van der Waals surface area (Å²) in [7, 11) is -7.50. The maximum atomic E-state index is 12.6. The molecule has 0 bridgehead atoms. The molecule has 3 aromatic rings. The zero-order chi connectivity index (χ0) is 22.6. The van der Waals surface area contributed by atoms with Crippen molar-refractivity contribution in [1.29, 1.82) is 0 Å². The van der Waals surface area contributed by atoms with Crippen molar-refractivity contribution in [2.45, 2.75) is 16.7 Å². The SMILES string of the molecule is Cc1ccccc1NS(=O)(=O)c1ccc(NC(=S)Nc2ccc(S(N)(=O)=O)cc2)cc1. The van der Waals surface area contributed by atoms with Gasteiger partial charge in [0.25, 0.3) is 10.0 Å². The summed E-state index contributed by atoms with van der Waals surface area (Å²) in [6, 6.07) is 19.0. The van der Waals surface area contributed by atoms with Gasteiger partial charge in [-0.15, -0.1) is 0 Å². The fourth-order valence-electron chi connectivity index (χ4n) is 2.63. The molecule has 0 saturated heterocycles. The molecule has 0 atom stereocenters. The molecule has 0 fully saturated rings. The van der Waals surface area contributed by atoms with Crippen LogP contribution in [0, 0.1) is 6.92 Å². The molecule has 0 aromatic heterocycles. The Balaban J connectivity index is 1.65. The first-order valence-electron chi connectivity index (χ1n) is 8.94. The van der Waals surface area contributed by atoms with Crippen LogP contribution in [0.2, 0.25) is 0 Å². The highest BCUT2D eigenvalue weighted by Crippen LogP contribution is 2.21. The number of nitrogens with one attached hydrogen (secondary N) is 3. The van der Waals surface area contributed by atoms with Crippen molar-refractivity contribution in [1.82, 2.24) is 0 Å². The van der Waals surface area contributed by atoms with Crippen LogP contribution in [-0.2, 0) is 20.0 Å². The third-order valence-corrected chi connectivity index (χ3v) is 6.77. The van der Waals surface area contributed by atoms with E-state index in [1.54, 1.807) is 24.3 Å². The Morgan fingerprint density at radius 3 is 1.74 bits per heavy atom. The lowest BCUT2D eigenvalue weighted by Crippen LogP contribution is -2.19. The molecule has 0 unspecified atom stereocenters. The Kier molecular flexibility index (Phi) is 6.60. The van der Waals surface area contributed by atoms with Crippen molar-refractivity contribution in [2.24, 2.45) is 5.14 Å². The Labute approximate surface area is 186 Å². The van der Waals surface area contributed by atoms with E-state index in [0.29, 0.717) is 17.1 Å². The maximum absolute atomic E-state index is 12.6. The van der Waals surface area contributed by atoms with Crippen LogP contribution in [0.1, 0.15) is 5.56 Å². The van der Waals surface area contributed by atoms with Crippen LogP contribution < -0.4 is 20.5 Å². The van der Waals surface area contributed by atoms with E-state index in [2.05, 4.69) is 15.4 Å². The van der Waals surface area contributed by atoms with E-state index in [1.165, 1.54) is 36.4 Å². The smallest absolute Gasteiger partial charge is 0.261 e.